The van der Waals surface area contributed by atoms with Gasteiger partial charge in [-0.2, -0.15) is 0 Å². The molecule has 0 amide bonds. The minimum Gasteiger partial charge on any atom is -0.383 e. The van der Waals surface area contributed by atoms with Crippen molar-refractivity contribution < 1.29 is 9.47 Å². The van der Waals surface area contributed by atoms with Gasteiger partial charge in [0.2, 0.25) is 0 Å². The average Bonchev–Trinajstić information content (AvgIpc) is 2.61. The summed E-state index contributed by atoms with van der Waals surface area (Å²) in [7, 11) is 1.75. The first-order chi connectivity index (χ1) is 5.35. The van der Waals surface area contributed by atoms with E-state index in [1.54, 1.807) is 7.11 Å². The summed E-state index contributed by atoms with van der Waals surface area (Å²) in [6, 6.07) is 0. The number of likely N-dealkylation sites (tertiary alicyclic amines) is 1. The summed E-state index contributed by atoms with van der Waals surface area (Å²) in [4.78, 5) is 2.41. The fraction of sp³-hybridized carbons (Fsp3) is 1.00. The standard InChI is InChI=1S/C8H15NO2/c1-10-5-4-9-3-2-8(6-9)7-11-8/h2-7H2,1H3. The number of ether oxygens (including phenoxy) is 2. The molecule has 2 aliphatic rings. The van der Waals surface area contributed by atoms with Crippen LogP contribution >= 0.6 is 0 Å². The van der Waals surface area contributed by atoms with Gasteiger partial charge in [0.05, 0.1) is 13.2 Å². The van der Waals surface area contributed by atoms with E-state index >= 15 is 0 Å². The average molecular weight is 157 g/mol. The second-order valence-electron chi connectivity index (χ2n) is 3.49. The SMILES string of the molecule is COCCN1CCC2(CO2)C1. The first-order valence-electron chi connectivity index (χ1n) is 4.20. The number of rotatable bonds is 3. The Hall–Kier alpha value is -0.120. The monoisotopic (exact) mass is 157 g/mol. The van der Waals surface area contributed by atoms with Crippen LogP contribution in [0.5, 0.6) is 0 Å². The van der Waals surface area contributed by atoms with Crippen LogP contribution in [-0.2, 0) is 9.47 Å². The van der Waals surface area contributed by atoms with Crippen molar-refractivity contribution in [3.05, 3.63) is 0 Å². The van der Waals surface area contributed by atoms with Gasteiger partial charge in [-0.3, -0.25) is 4.90 Å². The minimum absolute atomic E-state index is 0.285. The molecule has 2 saturated heterocycles. The van der Waals surface area contributed by atoms with Gasteiger partial charge in [0.15, 0.2) is 0 Å². The number of epoxide rings is 1. The van der Waals surface area contributed by atoms with Crippen LogP contribution in [0, 0.1) is 0 Å². The summed E-state index contributed by atoms with van der Waals surface area (Å²) in [5.74, 6) is 0. The van der Waals surface area contributed by atoms with Crippen molar-refractivity contribution >= 4 is 0 Å². The van der Waals surface area contributed by atoms with E-state index in [9.17, 15) is 0 Å². The van der Waals surface area contributed by atoms with E-state index in [1.165, 1.54) is 13.0 Å². The van der Waals surface area contributed by atoms with Gasteiger partial charge >= 0.3 is 0 Å². The third kappa shape index (κ3) is 1.55. The quantitative estimate of drug-likeness (QED) is 0.543. The predicted molar refractivity (Wildman–Crippen MR) is 41.6 cm³/mol. The summed E-state index contributed by atoms with van der Waals surface area (Å²) in [5.41, 5.74) is 0.285. The molecule has 11 heavy (non-hydrogen) atoms. The second kappa shape index (κ2) is 2.73. The van der Waals surface area contributed by atoms with Crippen LogP contribution in [-0.4, -0.2) is 50.5 Å². The molecule has 2 fully saturated rings. The molecule has 0 aromatic rings. The van der Waals surface area contributed by atoms with Crippen LogP contribution in [0.1, 0.15) is 6.42 Å². The third-order valence-corrected chi connectivity index (χ3v) is 2.56. The molecule has 64 valence electrons. The minimum atomic E-state index is 0.285. The molecule has 0 N–H and O–H groups in total. The molecule has 1 unspecified atom stereocenters. The molecular formula is C8H15NO2. The van der Waals surface area contributed by atoms with Crippen LogP contribution in [0.3, 0.4) is 0 Å². The van der Waals surface area contributed by atoms with Gasteiger partial charge in [-0.05, 0) is 6.42 Å². The van der Waals surface area contributed by atoms with Gasteiger partial charge in [0.1, 0.15) is 5.60 Å². The van der Waals surface area contributed by atoms with Crippen molar-refractivity contribution in [2.45, 2.75) is 12.0 Å². The van der Waals surface area contributed by atoms with Crippen LogP contribution in [0.15, 0.2) is 0 Å². The lowest BCUT2D eigenvalue weighted by atomic mass is 10.1. The zero-order chi connectivity index (χ0) is 7.73. The Kier molecular flexibility index (Phi) is 1.87. The molecule has 0 aromatic carbocycles. The van der Waals surface area contributed by atoms with Gasteiger partial charge in [-0.25, -0.2) is 0 Å². The molecule has 2 heterocycles. The highest BCUT2D eigenvalue weighted by atomic mass is 16.6. The van der Waals surface area contributed by atoms with Crippen LogP contribution in [0.4, 0.5) is 0 Å². The topological polar surface area (TPSA) is 25.0 Å². The van der Waals surface area contributed by atoms with Crippen molar-refractivity contribution in [2.75, 3.05) is 40.0 Å². The molecule has 0 aliphatic carbocycles. The molecule has 3 nitrogen and oxygen atoms in total. The lowest BCUT2D eigenvalue weighted by Gasteiger charge is -2.13. The fourth-order valence-electron chi connectivity index (χ4n) is 1.68. The number of hydrogen-bond donors (Lipinski definition) is 0. The highest BCUT2D eigenvalue weighted by Crippen LogP contribution is 2.36. The molecule has 0 aromatic heterocycles. The van der Waals surface area contributed by atoms with E-state index in [1.807, 2.05) is 0 Å². The Balaban J connectivity index is 1.72. The molecule has 1 spiro atoms. The molecule has 2 aliphatic heterocycles. The summed E-state index contributed by atoms with van der Waals surface area (Å²) in [6.45, 7) is 5.19. The Morgan fingerprint density at radius 1 is 1.64 bits per heavy atom. The van der Waals surface area contributed by atoms with Crippen LogP contribution < -0.4 is 0 Å². The van der Waals surface area contributed by atoms with Crippen molar-refractivity contribution in [2.24, 2.45) is 0 Å². The van der Waals surface area contributed by atoms with Gasteiger partial charge in [-0.1, -0.05) is 0 Å². The number of nitrogens with zero attached hydrogens (tertiary/aromatic N) is 1. The molecule has 2 rings (SSSR count). The molecular weight excluding hydrogens is 142 g/mol. The van der Waals surface area contributed by atoms with Gasteiger partial charge in [0, 0.05) is 26.7 Å². The first-order valence-corrected chi connectivity index (χ1v) is 4.20. The number of hydrogen-bond acceptors (Lipinski definition) is 3. The number of methoxy groups -OCH3 is 1. The highest BCUT2D eigenvalue weighted by Gasteiger charge is 2.49. The summed E-state index contributed by atoms with van der Waals surface area (Å²) in [5, 5.41) is 0. The Labute approximate surface area is 67.3 Å². The van der Waals surface area contributed by atoms with Crippen molar-refractivity contribution in [3.63, 3.8) is 0 Å². The smallest absolute Gasteiger partial charge is 0.105 e. The van der Waals surface area contributed by atoms with Gasteiger partial charge < -0.3 is 9.47 Å². The maximum Gasteiger partial charge on any atom is 0.105 e. The van der Waals surface area contributed by atoms with Crippen LogP contribution in [0.25, 0.3) is 0 Å². The normalized spacial score (nSPS) is 36.8. The first kappa shape index (κ1) is 7.53. The molecule has 0 bridgehead atoms. The Morgan fingerprint density at radius 3 is 3.00 bits per heavy atom. The van der Waals surface area contributed by atoms with E-state index in [0.29, 0.717) is 0 Å². The predicted octanol–water partition coefficient (Wildman–Crippen LogP) is 0.107. The summed E-state index contributed by atoms with van der Waals surface area (Å²) in [6.07, 6.45) is 1.22. The summed E-state index contributed by atoms with van der Waals surface area (Å²) < 4.78 is 10.4. The van der Waals surface area contributed by atoms with Crippen molar-refractivity contribution in [3.8, 4) is 0 Å². The molecule has 1 atom stereocenters. The molecule has 0 radical (unpaired) electrons. The zero-order valence-corrected chi connectivity index (χ0v) is 7.01. The van der Waals surface area contributed by atoms with E-state index in [4.69, 9.17) is 9.47 Å². The molecule has 3 heteroatoms. The maximum atomic E-state index is 5.38. The van der Waals surface area contributed by atoms with E-state index in [-0.39, 0.29) is 5.60 Å². The highest BCUT2D eigenvalue weighted by molar-refractivity contribution is 5.00. The third-order valence-electron chi connectivity index (χ3n) is 2.56. The lowest BCUT2D eigenvalue weighted by Crippen LogP contribution is -2.26. The maximum absolute atomic E-state index is 5.38. The van der Waals surface area contributed by atoms with E-state index < -0.39 is 0 Å². The van der Waals surface area contributed by atoms with E-state index in [0.717, 1.165) is 26.3 Å². The van der Waals surface area contributed by atoms with Gasteiger partial charge in [-0.15, -0.1) is 0 Å². The fourth-order valence-corrected chi connectivity index (χ4v) is 1.68. The van der Waals surface area contributed by atoms with Crippen molar-refractivity contribution in [1.29, 1.82) is 0 Å². The second-order valence-corrected chi connectivity index (χ2v) is 3.49. The Morgan fingerprint density at radius 2 is 2.45 bits per heavy atom. The zero-order valence-electron chi connectivity index (χ0n) is 7.01. The van der Waals surface area contributed by atoms with Crippen molar-refractivity contribution in [1.82, 2.24) is 4.90 Å². The Bertz CT molecular complexity index is 145. The summed E-state index contributed by atoms with van der Waals surface area (Å²) >= 11 is 0. The molecule has 0 saturated carbocycles. The van der Waals surface area contributed by atoms with Gasteiger partial charge in [0.25, 0.3) is 0 Å². The van der Waals surface area contributed by atoms with Crippen LogP contribution in [0.2, 0.25) is 0 Å². The lowest BCUT2D eigenvalue weighted by molar-refractivity contribution is 0.156. The van der Waals surface area contributed by atoms with E-state index in [2.05, 4.69) is 4.90 Å². The largest absolute Gasteiger partial charge is 0.383 e.